The number of aromatic nitrogens is 1. The Bertz CT molecular complexity index is 602. The summed E-state index contributed by atoms with van der Waals surface area (Å²) in [6.07, 6.45) is 3.75. The average molecular weight is 316 g/mol. The minimum atomic E-state index is 0.415. The molecular formula is C18H22ClN3. The molecule has 4 heteroatoms. The summed E-state index contributed by atoms with van der Waals surface area (Å²) in [7, 11) is 0. The van der Waals surface area contributed by atoms with Gasteiger partial charge in [0.25, 0.3) is 0 Å². The third kappa shape index (κ3) is 3.67. The Labute approximate surface area is 137 Å². The van der Waals surface area contributed by atoms with Gasteiger partial charge in [0, 0.05) is 49.6 Å². The van der Waals surface area contributed by atoms with Crippen LogP contribution in [0.4, 0.5) is 0 Å². The number of halogens is 1. The van der Waals surface area contributed by atoms with Crippen LogP contribution in [0.3, 0.4) is 0 Å². The lowest BCUT2D eigenvalue weighted by molar-refractivity contribution is 0.154. The van der Waals surface area contributed by atoms with E-state index < -0.39 is 0 Å². The fourth-order valence-electron chi connectivity index (χ4n) is 3.15. The third-order valence-corrected chi connectivity index (χ3v) is 4.61. The highest BCUT2D eigenvalue weighted by Crippen LogP contribution is 2.26. The lowest BCUT2D eigenvalue weighted by Crippen LogP contribution is -2.47. The highest BCUT2D eigenvalue weighted by molar-refractivity contribution is 6.30. The van der Waals surface area contributed by atoms with Crippen molar-refractivity contribution < 1.29 is 0 Å². The molecule has 3 nitrogen and oxygen atoms in total. The number of hydrogen-bond donors (Lipinski definition) is 1. The van der Waals surface area contributed by atoms with Crippen LogP contribution in [0.25, 0.3) is 0 Å². The van der Waals surface area contributed by atoms with E-state index in [4.69, 9.17) is 11.6 Å². The molecule has 2 aromatic rings. The lowest BCUT2D eigenvalue weighted by Gasteiger charge is -2.38. The summed E-state index contributed by atoms with van der Waals surface area (Å²) in [4.78, 5) is 6.70. The molecule has 1 fully saturated rings. The molecule has 0 radical (unpaired) electrons. The topological polar surface area (TPSA) is 28.2 Å². The van der Waals surface area contributed by atoms with E-state index in [1.165, 1.54) is 11.1 Å². The second-order valence-corrected chi connectivity index (χ2v) is 6.39. The summed E-state index contributed by atoms with van der Waals surface area (Å²) in [5, 5.41) is 4.32. The summed E-state index contributed by atoms with van der Waals surface area (Å²) in [5.74, 6) is 0.459. The molecule has 2 unspecified atom stereocenters. The maximum Gasteiger partial charge on any atom is 0.0474 e. The van der Waals surface area contributed by atoms with E-state index in [0.29, 0.717) is 12.0 Å². The molecule has 0 spiro atoms. The van der Waals surface area contributed by atoms with E-state index in [1.807, 2.05) is 24.5 Å². The van der Waals surface area contributed by atoms with Gasteiger partial charge in [-0.2, -0.15) is 0 Å². The number of rotatable bonds is 4. The van der Waals surface area contributed by atoms with Crippen molar-refractivity contribution in [3.63, 3.8) is 0 Å². The van der Waals surface area contributed by atoms with Crippen LogP contribution in [-0.4, -0.2) is 36.1 Å². The van der Waals surface area contributed by atoms with Crippen LogP contribution in [0.1, 0.15) is 30.0 Å². The maximum atomic E-state index is 6.13. The second kappa shape index (κ2) is 7.23. The highest BCUT2D eigenvalue weighted by atomic mass is 35.5. The molecule has 1 N–H and O–H groups in total. The van der Waals surface area contributed by atoms with Gasteiger partial charge in [-0.3, -0.25) is 9.88 Å². The Balaban J connectivity index is 1.74. The van der Waals surface area contributed by atoms with Crippen molar-refractivity contribution in [1.82, 2.24) is 15.2 Å². The molecule has 116 valence electrons. The van der Waals surface area contributed by atoms with Gasteiger partial charge in [0.2, 0.25) is 0 Å². The van der Waals surface area contributed by atoms with Gasteiger partial charge in [0.05, 0.1) is 0 Å². The Kier molecular flexibility index (Phi) is 5.08. The van der Waals surface area contributed by atoms with E-state index >= 15 is 0 Å². The lowest BCUT2D eigenvalue weighted by atomic mass is 9.97. The predicted molar refractivity (Wildman–Crippen MR) is 91.3 cm³/mol. The minimum absolute atomic E-state index is 0.415. The quantitative estimate of drug-likeness (QED) is 0.936. The first-order valence-electron chi connectivity index (χ1n) is 7.84. The fraction of sp³-hybridized carbons (Fsp3) is 0.389. The zero-order valence-corrected chi connectivity index (χ0v) is 13.6. The largest absolute Gasteiger partial charge is 0.314 e. The summed E-state index contributed by atoms with van der Waals surface area (Å²) < 4.78 is 0. The molecule has 0 bridgehead atoms. The van der Waals surface area contributed by atoms with Crippen LogP contribution >= 0.6 is 11.6 Å². The number of pyridine rings is 1. The van der Waals surface area contributed by atoms with Gasteiger partial charge in [-0.05, 0) is 41.3 Å². The van der Waals surface area contributed by atoms with Gasteiger partial charge in [0.1, 0.15) is 0 Å². The van der Waals surface area contributed by atoms with Crippen molar-refractivity contribution in [3.8, 4) is 0 Å². The second-order valence-electron chi connectivity index (χ2n) is 5.95. The highest BCUT2D eigenvalue weighted by Gasteiger charge is 2.25. The average Bonchev–Trinajstić information content (AvgIpc) is 2.56. The molecule has 0 amide bonds. The van der Waals surface area contributed by atoms with E-state index in [2.05, 4.69) is 46.4 Å². The Morgan fingerprint density at radius 2 is 2.14 bits per heavy atom. The first-order valence-corrected chi connectivity index (χ1v) is 8.22. The van der Waals surface area contributed by atoms with Gasteiger partial charge in [-0.1, -0.05) is 30.7 Å². The molecule has 22 heavy (non-hydrogen) atoms. The molecule has 1 aliphatic rings. The van der Waals surface area contributed by atoms with Crippen LogP contribution < -0.4 is 5.32 Å². The monoisotopic (exact) mass is 315 g/mol. The van der Waals surface area contributed by atoms with E-state index in [1.54, 1.807) is 0 Å². The van der Waals surface area contributed by atoms with E-state index in [0.717, 1.165) is 31.2 Å². The number of nitrogens with zero attached hydrogens (tertiary/aromatic N) is 2. The van der Waals surface area contributed by atoms with Crippen LogP contribution in [0.2, 0.25) is 5.02 Å². The molecule has 1 aliphatic heterocycles. The van der Waals surface area contributed by atoms with E-state index in [-0.39, 0.29) is 0 Å². The standard InChI is InChI=1S/C18H22ClN3/c1-14(16-3-2-4-17(19)11-16)13-22-10-9-21-12-18(22)15-5-7-20-8-6-15/h2-8,11,14,18,21H,9-10,12-13H2,1H3. The van der Waals surface area contributed by atoms with Gasteiger partial charge in [-0.25, -0.2) is 0 Å². The summed E-state index contributed by atoms with van der Waals surface area (Å²) in [5.41, 5.74) is 2.64. The van der Waals surface area contributed by atoms with Gasteiger partial charge >= 0.3 is 0 Å². The summed E-state index contributed by atoms with van der Waals surface area (Å²) in [6.45, 7) is 6.42. The van der Waals surface area contributed by atoms with Crippen LogP contribution in [0.5, 0.6) is 0 Å². The molecule has 1 aromatic carbocycles. The first kappa shape index (κ1) is 15.5. The van der Waals surface area contributed by atoms with Crippen molar-refractivity contribution in [2.45, 2.75) is 18.9 Å². The molecule has 2 heterocycles. The molecule has 1 aromatic heterocycles. The van der Waals surface area contributed by atoms with Gasteiger partial charge in [-0.15, -0.1) is 0 Å². The Morgan fingerprint density at radius 3 is 2.91 bits per heavy atom. The number of hydrogen-bond acceptors (Lipinski definition) is 3. The summed E-state index contributed by atoms with van der Waals surface area (Å²) >= 11 is 6.13. The minimum Gasteiger partial charge on any atom is -0.314 e. The van der Waals surface area contributed by atoms with Crippen LogP contribution in [0.15, 0.2) is 48.8 Å². The third-order valence-electron chi connectivity index (χ3n) is 4.37. The molecule has 2 atom stereocenters. The number of piperazine rings is 1. The van der Waals surface area contributed by atoms with E-state index in [9.17, 15) is 0 Å². The number of nitrogens with one attached hydrogen (secondary N) is 1. The van der Waals surface area contributed by atoms with Gasteiger partial charge in [0.15, 0.2) is 0 Å². The molecule has 1 saturated heterocycles. The van der Waals surface area contributed by atoms with Crippen molar-refractivity contribution in [2.75, 3.05) is 26.2 Å². The smallest absolute Gasteiger partial charge is 0.0474 e. The number of benzene rings is 1. The molecule has 0 saturated carbocycles. The molecule has 3 rings (SSSR count). The fourth-order valence-corrected chi connectivity index (χ4v) is 3.35. The van der Waals surface area contributed by atoms with Crippen LogP contribution in [0, 0.1) is 0 Å². The van der Waals surface area contributed by atoms with Crippen molar-refractivity contribution in [2.24, 2.45) is 0 Å². The van der Waals surface area contributed by atoms with Crippen LogP contribution in [-0.2, 0) is 0 Å². The SMILES string of the molecule is CC(CN1CCNCC1c1ccncc1)c1cccc(Cl)c1. The van der Waals surface area contributed by atoms with Crippen molar-refractivity contribution >= 4 is 11.6 Å². The predicted octanol–water partition coefficient (Wildman–Crippen LogP) is 3.49. The molecular weight excluding hydrogens is 294 g/mol. The Hall–Kier alpha value is -1.42. The molecule has 0 aliphatic carbocycles. The van der Waals surface area contributed by atoms with Crippen molar-refractivity contribution in [3.05, 3.63) is 64.9 Å². The van der Waals surface area contributed by atoms with Crippen molar-refractivity contribution in [1.29, 1.82) is 0 Å². The maximum absolute atomic E-state index is 6.13. The normalized spacial score (nSPS) is 20.7. The summed E-state index contributed by atoms with van der Waals surface area (Å²) in [6, 6.07) is 12.9. The zero-order valence-electron chi connectivity index (χ0n) is 12.9. The first-order chi connectivity index (χ1) is 10.7. The van der Waals surface area contributed by atoms with Gasteiger partial charge < -0.3 is 5.32 Å². The zero-order chi connectivity index (χ0) is 15.4. The Morgan fingerprint density at radius 1 is 1.32 bits per heavy atom.